The van der Waals surface area contributed by atoms with Gasteiger partial charge in [-0.15, -0.1) is 11.3 Å². The molecule has 0 unspecified atom stereocenters. The number of aromatic nitrogens is 1. The average molecular weight is 353 g/mol. The number of likely N-dealkylation sites (tertiary alicyclic amines) is 1. The Morgan fingerprint density at radius 3 is 2.52 bits per heavy atom. The number of carbonyl (C=O) groups is 1. The van der Waals surface area contributed by atoms with Crippen LogP contribution in [0.25, 0.3) is 10.4 Å². The first-order valence-corrected chi connectivity index (χ1v) is 10.3. The lowest BCUT2D eigenvalue weighted by Crippen LogP contribution is -2.30. The second kappa shape index (κ2) is 5.66. The molecule has 2 saturated carbocycles. The minimum absolute atomic E-state index is 0.217. The molecule has 2 bridgehead atoms. The third-order valence-corrected chi connectivity index (χ3v) is 7.82. The van der Waals surface area contributed by atoms with Gasteiger partial charge >= 0.3 is 0 Å². The number of aryl methyl sites for hydroxylation is 2. The van der Waals surface area contributed by atoms with Crippen LogP contribution in [-0.4, -0.2) is 28.9 Å². The highest BCUT2D eigenvalue weighted by Crippen LogP contribution is 2.55. The van der Waals surface area contributed by atoms with E-state index in [1.165, 1.54) is 24.1 Å². The molecule has 4 heteroatoms. The van der Waals surface area contributed by atoms with Crippen molar-refractivity contribution < 1.29 is 4.79 Å². The van der Waals surface area contributed by atoms with Crippen molar-refractivity contribution in [3.63, 3.8) is 0 Å². The highest BCUT2D eigenvalue weighted by atomic mass is 32.1. The summed E-state index contributed by atoms with van der Waals surface area (Å²) in [6.07, 6.45) is 4.22. The number of hydrogen-bond acceptors (Lipinski definition) is 3. The molecule has 3 aliphatic rings. The van der Waals surface area contributed by atoms with E-state index < -0.39 is 0 Å². The number of thiazole rings is 1. The van der Waals surface area contributed by atoms with Gasteiger partial charge < -0.3 is 4.90 Å². The zero-order valence-corrected chi connectivity index (χ0v) is 15.7. The molecule has 1 amide bonds. The molecule has 2 aliphatic carbocycles. The zero-order valence-electron chi connectivity index (χ0n) is 14.9. The number of nitrogens with zero attached hydrogens (tertiary/aromatic N) is 2. The smallest absolute Gasteiger partial charge is 0.253 e. The minimum atomic E-state index is 0.217. The Bertz CT molecular complexity index is 824. The van der Waals surface area contributed by atoms with Crippen LogP contribution in [0.1, 0.15) is 40.3 Å². The Morgan fingerprint density at radius 1 is 1.16 bits per heavy atom. The van der Waals surface area contributed by atoms with Gasteiger partial charge in [0.1, 0.15) is 0 Å². The highest BCUT2D eigenvalue weighted by Gasteiger charge is 2.52. The van der Waals surface area contributed by atoms with Crippen molar-refractivity contribution in [2.45, 2.75) is 33.1 Å². The van der Waals surface area contributed by atoms with Crippen molar-refractivity contribution in [1.82, 2.24) is 9.88 Å². The first-order chi connectivity index (χ1) is 12.1. The van der Waals surface area contributed by atoms with E-state index in [1.54, 1.807) is 11.3 Å². The molecule has 1 saturated heterocycles. The Balaban J connectivity index is 1.40. The normalized spacial score (nSPS) is 30.1. The fourth-order valence-electron chi connectivity index (χ4n) is 5.62. The largest absolute Gasteiger partial charge is 0.338 e. The molecular formula is C21H24N2OS. The van der Waals surface area contributed by atoms with Crippen molar-refractivity contribution >= 4 is 17.2 Å². The van der Waals surface area contributed by atoms with Crippen LogP contribution >= 0.6 is 11.3 Å². The predicted molar refractivity (Wildman–Crippen MR) is 101 cm³/mol. The lowest BCUT2D eigenvalue weighted by molar-refractivity contribution is 0.0776. The van der Waals surface area contributed by atoms with Crippen molar-refractivity contribution in [3.05, 3.63) is 40.5 Å². The molecule has 3 fully saturated rings. The summed E-state index contributed by atoms with van der Waals surface area (Å²) in [7, 11) is 0. The molecule has 1 aromatic heterocycles. The average Bonchev–Trinajstić information content (AvgIpc) is 3.35. The van der Waals surface area contributed by atoms with Crippen LogP contribution in [0.4, 0.5) is 0 Å². The van der Waals surface area contributed by atoms with E-state index in [4.69, 9.17) is 0 Å². The molecule has 25 heavy (non-hydrogen) atoms. The molecule has 0 N–H and O–H groups in total. The third kappa shape index (κ3) is 2.45. The van der Waals surface area contributed by atoms with Crippen LogP contribution in [0.15, 0.2) is 24.3 Å². The number of fused-ring (bicyclic) bond motifs is 5. The molecule has 0 radical (unpaired) electrons. The van der Waals surface area contributed by atoms with Crippen LogP contribution in [0, 0.1) is 37.5 Å². The maximum Gasteiger partial charge on any atom is 0.253 e. The van der Waals surface area contributed by atoms with Gasteiger partial charge in [0.15, 0.2) is 0 Å². The van der Waals surface area contributed by atoms with Gasteiger partial charge in [0, 0.05) is 18.7 Å². The van der Waals surface area contributed by atoms with Crippen molar-refractivity contribution in [1.29, 1.82) is 0 Å². The first-order valence-electron chi connectivity index (χ1n) is 9.44. The summed E-state index contributed by atoms with van der Waals surface area (Å²) >= 11 is 1.71. The van der Waals surface area contributed by atoms with E-state index >= 15 is 0 Å². The van der Waals surface area contributed by atoms with Crippen LogP contribution in [0.3, 0.4) is 0 Å². The summed E-state index contributed by atoms with van der Waals surface area (Å²) in [6, 6.07) is 8.14. The molecule has 2 heterocycles. The van der Waals surface area contributed by atoms with E-state index in [-0.39, 0.29) is 5.91 Å². The van der Waals surface area contributed by atoms with Crippen molar-refractivity contribution in [3.8, 4) is 10.4 Å². The Kier molecular flexibility index (Phi) is 3.53. The molecule has 3 nitrogen and oxygen atoms in total. The van der Waals surface area contributed by atoms with Gasteiger partial charge in [0.2, 0.25) is 0 Å². The topological polar surface area (TPSA) is 33.2 Å². The molecule has 5 rings (SSSR count). The third-order valence-electron chi connectivity index (χ3n) is 6.70. The van der Waals surface area contributed by atoms with Crippen LogP contribution in [0.2, 0.25) is 0 Å². The SMILES string of the molecule is Cc1nc(C)c(-c2cccc(C(=O)N3C[C@@H]4[C@@H]5CC[C@@H](C5)[C@@H]4C3)c2)s1. The lowest BCUT2D eigenvalue weighted by atomic mass is 9.82. The van der Waals surface area contributed by atoms with Gasteiger partial charge in [-0.1, -0.05) is 12.1 Å². The number of benzene rings is 1. The molecule has 0 spiro atoms. The first kappa shape index (κ1) is 15.6. The fourth-order valence-corrected chi connectivity index (χ4v) is 6.54. The van der Waals surface area contributed by atoms with Crippen LogP contribution < -0.4 is 0 Å². The molecule has 4 atom stereocenters. The summed E-state index contributed by atoms with van der Waals surface area (Å²) in [4.78, 5) is 20.9. The minimum Gasteiger partial charge on any atom is -0.338 e. The standard InChI is InChI=1S/C21H24N2OS/c1-12-20(25-13(2)22-12)16-4-3-5-17(9-16)21(24)23-10-18-14-6-7-15(8-14)19(18)11-23/h3-5,9,14-15,18-19H,6-8,10-11H2,1-2H3/t14-,15+,18-,19+. The molecule has 1 aliphatic heterocycles. The quantitative estimate of drug-likeness (QED) is 0.795. The Hall–Kier alpha value is -1.68. The second-order valence-corrected chi connectivity index (χ2v) is 9.30. The van der Waals surface area contributed by atoms with Gasteiger partial charge in [0.05, 0.1) is 15.6 Å². The van der Waals surface area contributed by atoms with Gasteiger partial charge in [0.25, 0.3) is 5.91 Å². The van der Waals surface area contributed by atoms with Crippen molar-refractivity contribution in [2.75, 3.05) is 13.1 Å². The van der Waals surface area contributed by atoms with E-state index in [2.05, 4.69) is 22.0 Å². The number of amides is 1. The summed E-state index contributed by atoms with van der Waals surface area (Å²) in [5, 5.41) is 1.08. The monoisotopic (exact) mass is 352 g/mol. The number of carbonyl (C=O) groups excluding carboxylic acids is 1. The van der Waals surface area contributed by atoms with E-state index in [0.29, 0.717) is 0 Å². The Morgan fingerprint density at radius 2 is 1.88 bits per heavy atom. The summed E-state index contributed by atoms with van der Waals surface area (Å²) in [5.74, 6) is 3.55. The second-order valence-electron chi connectivity index (χ2n) is 8.10. The summed E-state index contributed by atoms with van der Waals surface area (Å²) in [5.41, 5.74) is 3.00. The highest BCUT2D eigenvalue weighted by molar-refractivity contribution is 7.15. The van der Waals surface area contributed by atoms with Gasteiger partial charge in [-0.2, -0.15) is 0 Å². The zero-order chi connectivity index (χ0) is 17.1. The van der Waals surface area contributed by atoms with Crippen LogP contribution in [0.5, 0.6) is 0 Å². The van der Waals surface area contributed by atoms with Gasteiger partial charge in [-0.05, 0) is 74.5 Å². The maximum atomic E-state index is 13.1. The Labute approximate surface area is 153 Å². The predicted octanol–water partition coefficient (Wildman–Crippen LogP) is 4.55. The van der Waals surface area contributed by atoms with E-state index in [9.17, 15) is 4.79 Å². The lowest BCUT2D eigenvalue weighted by Gasteiger charge is -2.22. The molecule has 1 aromatic carbocycles. The van der Waals surface area contributed by atoms with Gasteiger partial charge in [-0.3, -0.25) is 4.79 Å². The van der Waals surface area contributed by atoms with Crippen molar-refractivity contribution in [2.24, 2.45) is 23.7 Å². The molecular weight excluding hydrogens is 328 g/mol. The molecule has 2 aromatic rings. The summed E-state index contributed by atoms with van der Waals surface area (Å²) < 4.78 is 0. The molecule has 130 valence electrons. The van der Waals surface area contributed by atoms with E-state index in [1.807, 2.05) is 26.0 Å². The summed E-state index contributed by atoms with van der Waals surface area (Å²) in [6.45, 7) is 6.04. The number of hydrogen-bond donors (Lipinski definition) is 0. The maximum absolute atomic E-state index is 13.1. The van der Waals surface area contributed by atoms with E-state index in [0.717, 1.165) is 58.6 Å². The van der Waals surface area contributed by atoms with Crippen LogP contribution in [-0.2, 0) is 0 Å². The van der Waals surface area contributed by atoms with Gasteiger partial charge in [-0.25, -0.2) is 4.98 Å². The number of rotatable bonds is 2. The fraction of sp³-hybridized carbons (Fsp3) is 0.524.